The van der Waals surface area contributed by atoms with Crippen LogP contribution in [0.4, 0.5) is 10.7 Å². The van der Waals surface area contributed by atoms with Gasteiger partial charge in [-0.2, -0.15) is 5.10 Å². The molecule has 1 aliphatic heterocycles. The molecule has 1 fully saturated rings. The summed E-state index contributed by atoms with van der Waals surface area (Å²) in [5, 5.41) is 28.4. The number of likely N-dealkylation sites (tertiary alicyclic amines) is 1. The summed E-state index contributed by atoms with van der Waals surface area (Å²) in [7, 11) is 0. The number of β-amino-alcohol motifs (C(OH)–C–C–N with tert-alkyl or cyclic N) is 1. The van der Waals surface area contributed by atoms with Crippen LogP contribution >= 0.6 is 0 Å². The second kappa shape index (κ2) is 5.37. The van der Waals surface area contributed by atoms with Crippen LogP contribution in [0.25, 0.3) is 0 Å². The van der Waals surface area contributed by atoms with Gasteiger partial charge in [0.2, 0.25) is 0 Å². The molecule has 3 N–H and O–H groups in total. The number of aryl methyl sites for hydroxylation is 2. The second-order valence-electron chi connectivity index (χ2n) is 4.63. The molecule has 2 heterocycles. The highest BCUT2D eigenvalue weighted by Gasteiger charge is 2.39. The number of aromatic nitrogens is 3. The topological polar surface area (TPSA) is 129 Å². The summed E-state index contributed by atoms with van der Waals surface area (Å²) in [5.74, 6) is -1.15. The van der Waals surface area contributed by atoms with Gasteiger partial charge in [0.05, 0.1) is 17.5 Å². The van der Waals surface area contributed by atoms with E-state index in [0.29, 0.717) is 11.4 Å². The first-order chi connectivity index (χ1) is 9.38. The first-order valence-electron chi connectivity index (χ1n) is 6.05. The van der Waals surface area contributed by atoms with E-state index in [1.54, 1.807) is 13.8 Å². The number of carbonyl (C=O) groups is 2. The highest BCUT2D eigenvalue weighted by molar-refractivity contribution is 5.91. The molecular weight excluding hydrogens is 266 g/mol. The molecule has 0 aromatic carbocycles. The molecule has 1 aliphatic rings. The van der Waals surface area contributed by atoms with Crippen LogP contribution in [-0.4, -0.2) is 61.0 Å². The van der Waals surface area contributed by atoms with E-state index in [9.17, 15) is 14.7 Å². The molecule has 20 heavy (non-hydrogen) atoms. The van der Waals surface area contributed by atoms with Crippen molar-refractivity contribution >= 4 is 17.9 Å². The van der Waals surface area contributed by atoms with Crippen molar-refractivity contribution in [3.63, 3.8) is 0 Å². The highest BCUT2D eigenvalue weighted by Crippen LogP contribution is 2.19. The summed E-state index contributed by atoms with van der Waals surface area (Å²) < 4.78 is 0. The number of urea groups is 1. The Kier molecular flexibility index (Phi) is 3.79. The molecular formula is C11H15N5O4. The number of carboxylic acid groups (broad SMARTS) is 1. The Morgan fingerprint density at radius 3 is 2.60 bits per heavy atom. The van der Waals surface area contributed by atoms with Gasteiger partial charge in [-0.15, -0.1) is 5.10 Å². The van der Waals surface area contributed by atoms with E-state index in [1.807, 2.05) is 0 Å². The van der Waals surface area contributed by atoms with E-state index in [-0.39, 0.29) is 18.9 Å². The maximum absolute atomic E-state index is 12.0. The van der Waals surface area contributed by atoms with Crippen LogP contribution < -0.4 is 5.32 Å². The number of carboxylic acids is 1. The number of nitrogens with one attached hydrogen (secondary N) is 1. The van der Waals surface area contributed by atoms with E-state index in [2.05, 4.69) is 20.5 Å². The summed E-state index contributed by atoms with van der Waals surface area (Å²) >= 11 is 0. The molecule has 108 valence electrons. The third kappa shape index (κ3) is 2.82. The fourth-order valence-electron chi connectivity index (χ4n) is 1.95. The third-order valence-corrected chi connectivity index (χ3v) is 3.14. The number of hydrogen-bond acceptors (Lipinski definition) is 6. The lowest BCUT2D eigenvalue weighted by Gasteiger charge is -2.20. The van der Waals surface area contributed by atoms with Gasteiger partial charge in [-0.25, -0.2) is 14.6 Å². The van der Waals surface area contributed by atoms with Crippen LogP contribution in [-0.2, 0) is 4.79 Å². The van der Waals surface area contributed by atoms with Gasteiger partial charge in [-0.1, -0.05) is 0 Å². The molecule has 0 saturated carbocycles. The Hall–Kier alpha value is -2.29. The predicted molar refractivity (Wildman–Crippen MR) is 67.1 cm³/mol. The van der Waals surface area contributed by atoms with Crippen molar-refractivity contribution in [2.24, 2.45) is 0 Å². The van der Waals surface area contributed by atoms with E-state index in [4.69, 9.17) is 5.11 Å². The zero-order valence-electron chi connectivity index (χ0n) is 11.1. The standard InChI is InChI=1S/C11H15N5O4/c1-5-6(2)14-15-10(12-5)13-11(20)16-4-7(17)3-8(16)9(18)19/h7-8,17H,3-4H2,1-2H3,(H,18,19)(H,12,13,15,20). The second-order valence-corrected chi connectivity index (χ2v) is 4.63. The van der Waals surface area contributed by atoms with Crippen molar-refractivity contribution < 1.29 is 19.8 Å². The lowest BCUT2D eigenvalue weighted by atomic mass is 10.2. The number of carbonyl (C=O) groups excluding carboxylic acids is 1. The van der Waals surface area contributed by atoms with E-state index in [1.165, 1.54) is 0 Å². The molecule has 1 aromatic rings. The SMILES string of the molecule is Cc1nnc(NC(=O)N2CC(O)CC2C(=O)O)nc1C. The molecule has 0 aliphatic carbocycles. The van der Waals surface area contributed by atoms with Gasteiger partial charge in [-0.3, -0.25) is 5.32 Å². The van der Waals surface area contributed by atoms with E-state index < -0.39 is 24.1 Å². The number of aliphatic hydroxyl groups excluding tert-OH is 1. The molecule has 9 nitrogen and oxygen atoms in total. The lowest BCUT2D eigenvalue weighted by Crippen LogP contribution is -2.43. The minimum absolute atomic E-state index is 0.00336. The zero-order valence-corrected chi connectivity index (χ0v) is 11.1. The van der Waals surface area contributed by atoms with Gasteiger partial charge < -0.3 is 15.1 Å². The van der Waals surface area contributed by atoms with Crippen molar-refractivity contribution in [3.8, 4) is 0 Å². The number of aliphatic carboxylic acids is 1. The molecule has 0 spiro atoms. The van der Waals surface area contributed by atoms with Gasteiger partial charge in [0, 0.05) is 13.0 Å². The number of anilines is 1. The normalized spacial score (nSPS) is 21.9. The third-order valence-electron chi connectivity index (χ3n) is 3.14. The Morgan fingerprint density at radius 2 is 2.00 bits per heavy atom. The summed E-state index contributed by atoms with van der Waals surface area (Å²) in [6.07, 6.45) is -0.838. The van der Waals surface area contributed by atoms with Crippen LogP contribution in [0.15, 0.2) is 0 Å². The molecule has 1 aromatic heterocycles. The first kappa shape index (κ1) is 14.1. The van der Waals surface area contributed by atoms with Crippen LogP contribution in [0.3, 0.4) is 0 Å². The molecule has 2 atom stereocenters. The molecule has 0 radical (unpaired) electrons. The highest BCUT2D eigenvalue weighted by atomic mass is 16.4. The quantitative estimate of drug-likeness (QED) is 0.669. The zero-order chi connectivity index (χ0) is 14.9. The van der Waals surface area contributed by atoms with E-state index >= 15 is 0 Å². The summed E-state index contributed by atoms with van der Waals surface area (Å²) in [6.45, 7) is 3.42. The van der Waals surface area contributed by atoms with Crippen molar-refractivity contribution in [1.29, 1.82) is 0 Å². The van der Waals surface area contributed by atoms with Crippen molar-refractivity contribution in [1.82, 2.24) is 20.1 Å². The number of aliphatic hydroxyl groups is 1. The summed E-state index contributed by atoms with van der Waals surface area (Å²) in [4.78, 5) is 28.1. The Bertz CT molecular complexity index is 550. The Morgan fingerprint density at radius 1 is 1.30 bits per heavy atom. The number of rotatable bonds is 2. The Labute approximate surface area is 114 Å². The van der Waals surface area contributed by atoms with Crippen molar-refractivity contribution in [2.75, 3.05) is 11.9 Å². The maximum Gasteiger partial charge on any atom is 0.326 e. The van der Waals surface area contributed by atoms with Crippen molar-refractivity contribution in [3.05, 3.63) is 11.4 Å². The fraction of sp³-hybridized carbons (Fsp3) is 0.545. The van der Waals surface area contributed by atoms with Gasteiger partial charge in [0.1, 0.15) is 6.04 Å². The lowest BCUT2D eigenvalue weighted by molar-refractivity contribution is -0.141. The molecule has 0 bridgehead atoms. The monoisotopic (exact) mass is 281 g/mol. The van der Waals surface area contributed by atoms with Gasteiger partial charge in [-0.05, 0) is 13.8 Å². The summed E-state index contributed by atoms with van der Waals surface area (Å²) in [6, 6.07) is -1.72. The number of hydrogen-bond donors (Lipinski definition) is 3. The maximum atomic E-state index is 12.0. The fourth-order valence-corrected chi connectivity index (χ4v) is 1.95. The Balaban J connectivity index is 2.11. The smallest absolute Gasteiger partial charge is 0.326 e. The minimum Gasteiger partial charge on any atom is -0.480 e. The predicted octanol–water partition coefficient (Wildman–Crippen LogP) is -0.460. The minimum atomic E-state index is -1.16. The van der Waals surface area contributed by atoms with Gasteiger partial charge in [0.25, 0.3) is 5.95 Å². The molecule has 2 unspecified atom stereocenters. The first-order valence-corrected chi connectivity index (χ1v) is 6.05. The van der Waals surface area contributed by atoms with Crippen LogP contribution in [0, 0.1) is 13.8 Å². The van der Waals surface area contributed by atoms with Gasteiger partial charge in [0.15, 0.2) is 0 Å². The number of amides is 2. The van der Waals surface area contributed by atoms with Crippen LogP contribution in [0.5, 0.6) is 0 Å². The van der Waals surface area contributed by atoms with Crippen LogP contribution in [0.1, 0.15) is 17.8 Å². The summed E-state index contributed by atoms with van der Waals surface area (Å²) in [5.41, 5.74) is 1.26. The molecule has 2 rings (SSSR count). The average molecular weight is 281 g/mol. The molecule has 9 heteroatoms. The van der Waals surface area contributed by atoms with E-state index in [0.717, 1.165) is 4.90 Å². The van der Waals surface area contributed by atoms with Crippen molar-refractivity contribution in [2.45, 2.75) is 32.4 Å². The molecule has 1 saturated heterocycles. The van der Waals surface area contributed by atoms with Crippen LogP contribution in [0.2, 0.25) is 0 Å². The van der Waals surface area contributed by atoms with Gasteiger partial charge >= 0.3 is 12.0 Å². The molecule has 2 amide bonds. The largest absolute Gasteiger partial charge is 0.480 e. The average Bonchev–Trinajstić information content (AvgIpc) is 2.76. The number of nitrogens with zero attached hydrogens (tertiary/aromatic N) is 4.